The molecule has 0 aromatic heterocycles. The van der Waals surface area contributed by atoms with Crippen LogP contribution in [-0.2, 0) is 4.79 Å². The van der Waals surface area contributed by atoms with Crippen molar-refractivity contribution in [3.63, 3.8) is 0 Å². The summed E-state index contributed by atoms with van der Waals surface area (Å²) in [4.78, 5) is 23.8. The first-order valence-corrected chi connectivity index (χ1v) is 6.65. The van der Waals surface area contributed by atoms with E-state index in [0.29, 0.717) is 27.6 Å². The van der Waals surface area contributed by atoms with E-state index in [1.165, 1.54) is 14.0 Å². The topological polar surface area (TPSA) is 55.4 Å². The number of hydrogen-bond acceptors (Lipinski definition) is 3. The Kier molecular flexibility index (Phi) is 4.60. The summed E-state index contributed by atoms with van der Waals surface area (Å²) in [7, 11) is 1.52. The minimum absolute atomic E-state index is 0.196. The van der Waals surface area contributed by atoms with E-state index in [1.54, 1.807) is 42.5 Å². The molecular weight excluding hydrogens is 290 g/mol. The minimum atomic E-state index is -0.256. The van der Waals surface area contributed by atoms with Gasteiger partial charge in [-0.2, -0.15) is 0 Å². The lowest BCUT2D eigenvalue weighted by Crippen LogP contribution is -2.12. The molecule has 0 spiro atoms. The maximum atomic E-state index is 12.5. The van der Waals surface area contributed by atoms with Crippen molar-refractivity contribution in [2.75, 3.05) is 12.4 Å². The van der Waals surface area contributed by atoms with E-state index in [0.717, 1.165) is 0 Å². The number of amides is 1. The van der Waals surface area contributed by atoms with Crippen LogP contribution < -0.4 is 10.1 Å². The summed E-state index contributed by atoms with van der Waals surface area (Å²) >= 11 is 5.82. The second kappa shape index (κ2) is 6.41. The van der Waals surface area contributed by atoms with Crippen LogP contribution in [0.4, 0.5) is 5.69 Å². The molecule has 21 heavy (non-hydrogen) atoms. The number of anilines is 1. The van der Waals surface area contributed by atoms with Gasteiger partial charge in [-0.05, 0) is 36.4 Å². The van der Waals surface area contributed by atoms with E-state index < -0.39 is 0 Å². The number of ketones is 1. The summed E-state index contributed by atoms with van der Waals surface area (Å²) < 4.78 is 5.11. The molecule has 0 atom stereocenters. The van der Waals surface area contributed by atoms with Gasteiger partial charge < -0.3 is 10.1 Å². The van der Waals surface area contributed by atoms with Gasteiger partial charge in [0.2, 0.25) is 5.91 Å². The van der Waals surface area contributed by atoms with Crippen molar-refractivity contribution in [3.05, 3.63) is 58.6 Å². The van der Waals surface area contributed by atoms with Crippen molar-refractivity contribution in [1.82, 2.24) is 0 Å². The summed E-state index contributed by atoms with van der Waals surface area (Å²) in [6.45, 7) is 1.38. The first-order valence-electron chi connectivity index (χ1n) is 6.27. The zero-order valence-electron chi connectivity index (χ0n) is 11.6. The molecule has 0 heterocycles. The standard InChI is InChI=1S/C16H14ClNO3/c1-10(19)18-15-9-13(21-2)7-8-14(15)16(20)11-3-5-12(17)6-4-11/h3-9H,1-2H3,(H,18,19). The zero-order chi connectivity index (χ0) is 15.4. The molecule has 2 aromatic rings. The fraction of sp³-hybridized carbons (Fsp3) is 0.125. The highest BCUT2D eigenvalue weighted by Gasteiger charge is 2.15. The Morgan fingerprint density at radius 2 is 1.76 bits per heavy atom. The van der Waals surface area contributed by atoms with Crippen LogP contribution in [0.5, 0.6) is 5.75 Å². The van der Waals surface area contributed by atoms with Crippen LogP contribution in [0.15, 0.2) is 42.5 Å². The van der Waals surface area contributed by atoms with Gasteiger partial charge in [-0.25, -0.2) is 0 Å². The molecule has 5 heteroatoms. The van der Waals surface area contributed by atoms with Gasteiger partial charge >= 0.3 is 0 Å². The molecule has 0 saturated carbocycles. The number of hydrogen-bond donors (Lipinski definition) is 1. The van der Waals surface area contributed by atoms with Gasteiger partial charge in [0.1, 0.15) is 5.75 Å². The van der Waals surface area contributed by atoms with Crippen molar-refractivity contribution in [1.29, 1.82) is 0 Å². The van der Waals surface area contributed by atoms with Crippen LogP contribution in [0.3, 0.4) is 0 Å². The van der Waals surface area contributed by atoms with Crippen molar-refractivity contribution >= 4 is 29.0 Å². The molecular formula is C16H14ClNO3. The average molecular weight is 304 g/mol. The van der Waals surface area contributed by atoms with Crippen LogP contribution in [0.1, 0.15) is 22.8 Å². The number of methoxy groups -OCH3 is 1. The maximum absolute atomic E-state index is 12.5. The Balaban J connectivity index is 2.44. The van der Waals surface area contributed by atoms with Gasteiger partial charge in [0, 0.05) is 29.1 Å². The van der Waals surface area contributed by atoms with E-state index in [1.807, 2.05) is 0 Å². The normalized spacial score (nSPS) is 10.0. The number of nitrogens with one attached hydrogen (secondary N) is 1. The Labute approximate surface area is 127 Å². The van der Waals surface area contributed by atoms with Gasteiger partial charge in [0.25, 0.3) is 0 Å². The molecule has 108 valence electrons. The molecule has 0 bridgehead atoms. The molecule has 2 rings (SSSR count). The number of carbonyl (C=O) groups excluding carboxylic acids is 2. The van der Waals surface area contributed by atoms with Gasteiger partial charge in [0.15, 0.2) is 5.78 Å². The molecule has 0 radical (unpaired) electrons. The third kappa shape index (κ3) is 3.61. The van der Waals surface area contributed by atoms with Crippen molar-refractivity contribution in [2.45, 2.75) is 6.92 Å². The third-order valence-corrected chi connectivity index (χ3v) is 3.14. The van der Waals surface area contributed by atoms with Crippen LogP contribution in [0.25, 0.3) is 0 Å². The molecule has 0 saturated heterocycles. The van der Waals surface area contributed by atoms with E-state index in [4.69, 9.17) is 16.3 Å². The fourth-order valence-corrected chi connectivity index (χ4v) is 2.02. The monoisotopic (exact) mass is 303 g/mol. The van der Waals surface area contributed by atoms with Crippen LogP contribution in [0, 0.1) is 0 Å². The van der Waals surface area contributed by atoms with Crippen molar-refractivity contribution in [3.8, 4) is 5.75 Å². The minimum Gasteiger partial charge on any atom is -0.497 e. The lowest BCUT2D eigenvalue weighted by molar-refractivity contribution is -0.114. The van der Waals surface area contributed by atoms with Gasteiger partial charge in [-0.1, -0.05) is 11.6 Å². The van der Waals surface area contributed by atoms with Crippen molar-refractivity contribution in [2.24, 2.45) is 0 Å². The summed E-state index contributed by atoms with van der Waals surface area (Å²) in [5.74, 6) is 0.109. The second-order valence-electron chi connectivity index (χ2n) is 4.43. The summed E-state index contributed by atoms with van der Waals surface area (Å²) in [6.07, 6.45) is 0. The van der Waals surface area contributed by atoms with Gasteiger partial charge in [-0.3, -0.25) is 9.59 Å². The van der Waals surface area contributed by atoms with Crippen LogP contribution >= 0.6 is 11.6 Å². The van der Waals surface area contributed by atoms with E-state index in [-0.39, 0.29) is 11.7 Å². The number of ether oxygens (including phenoxy) is 1. The molecule has 0 unspecified atom stereocenters. The fourth-order valence-electron chi connectivity index (χ4n) is 1.90. The molecule has 1 amide bonds. The van der Waals surface area contributed by atoms with Crippen molar-refractivity contribution < 1.29 is 14.3 Å². The molecule has 2 aromatic carbocycles. The Morgan fingerprint density at radius 1 is 1.10 bits per heavy atom. The summed E-state index contributed by atoms with van der Waals surface area (Å²) in [5.41, 5.74) is 1.31. The Morgan fingerprint density at radius 3 is 2.33 bits per heavy atom. The highest BCUT2D eigenvalue weighted by atomic mass is 35.5. The lowest BCUT2D eigenvalue weighted by Gasteiger charge is -2.11. The molecule has 1 N–H and O–H groups in total. The Hall–Kier alpha value is -2.33. The second-order valence-corrected chi connectivity index (χ2v) is 4.87. The van der Waals surface area contributed by atoms with E-state index in [2.05, 4.69) is 5.32 Å². The highest BCUT2D eigenvalue weighted by molar-refractivity contribution is 6.30. The van der Waals surface area contributed by atoms with Gasteiger partial charge in [0.05, 0.1) is 12.8 Å². The number of halogens is 1. The molecule has 0 aliphatic heterocycles. The molecule has 0 aliphatic carbocycles. The highest BCUT2D eigenvalue weighted by Crippen LogP contribution is 2.25. The quantitative estimate of drug-likeness (QED) is 0.879. The average Bonchev–Trinajstić information content (AvgIpc) is 2.46. The van der Waals surface area contributed by atoms with Crippen LogP contribution in [0.2, 0.25) is 5.02 Å². The molecule has 0 fully saturated rings. The molecule has 0 aliphatic rings. The van der Waals surface area contributed by atoms with E-state index >= 15 is 0 Å². The lowest BCUT2D eigenvalue weighted by atomic mass is 10.0. The maximum Gasteiger partial charge on any atom is 0.221 e. The first kappa shape index (κ1) is 15.1. The van der Waals surface area contributed by atoms with Gasteiger partial charge in [-0.15, -0.1) is 0 Å². The molecule has 4 nitrogen and oxygen atoms in total. The predicted octanol–water partition coefficient (Wildman–Crippen LogP) is 3.54. The first-order chi connectivity index (χ1) is 10.0. The van der Waals surface area contributed by atoms with Crippen LogP contribution in [-0.4, -0.2) is 18.8 Å². The number of benzene rings is 2. The number of carbonyl (C=O) groups is 2. The number of rotatable bonds is 4. The third-order valence-electron chi connectivity index (χ3n) is 2.89. The summed E-state index contributed by atoms with van der Waals surface area (Å²) in [5, 5.41) is 3.20. The predicted molar refractivity (Wildman–Crippen MR) is 82.2 cm³/mol. The summed E-state index contributed by atoms with van der Waals surface area (Å²) in [6, 6.07) is 11.5. The SMILES string of the molecule is COc1ccc(C(=O)c2ccc(Cl)cc2)c(NC(C)=O)c1. The smallest absolute Gasteiger partial charge is 0.221 e. The zero-order valence-corrected chi connectivity index (χ0v) is 12.4. The van der Waals surface area contributed by atoms with E-state index in [9.17, 15) is 9.59 Å². The Bertz CT molecular complexity index is 680. The largest absolute Gasteiger partial charge is 0.497 e.